The number of hydrogen-bond acceptors (Lipinski definition) is 8. The van der Waals surface area contributed by atoms with Gasteiger partial charge in [0.05, 0.1) is 12.5 Å². The third kappa shape index (κ3) is 11.9. The molecule has 0 heterocycles. The molecular weight excluding hydrogens is 440 g/mol. The first-order valence-electron chi connectivity index (χ1n) is 10.4. The molecule has 0 aromatic rings. The minimum absolute atomic E-state index is 0.000371. The lowest BCUT2D eigenvalue weighted by Crippen LogP contribution is -2.57. The molecule has 0 radical (unpaired) electrons. The van der Waals surface area contributed by atoms with Crippen molar-refractivity contribution in [1.29, 1.82) is 0 Å². The van der Waals surface area contributed by atoms with Crippen LogP contribution in [0.25, 0.3) is 0 Å². The highest BCUT2D eigenvalue weighted by atomic mass is 32.1. The van der Waals surface area contributed by atoms with E-state index in [4.69, 9.17) is 22.3 Å². The van der Waals surface area contributed by atoms with Gasteiger partial charge in [0.2, 0.25) is 23.6 Å². The summed E-state index contributed by atoms with van der Waals surface area (Å²) in [5, 5.41) is 16.5. The topological polar surface area (TPSA) is 220 Å². The lowest BCUT2D eigenvalue weighted by molar-refractivity contribution is -0.141. The molecule has 0 bridgehead atoms. The first-order chi connectivity index (χ1) is 14.9. The van der Waals surface area contributed by atoms with Crippen LogP contribution < -0.4 is 33.2 Å². The van der Waals surface area contributed by atoms with Gasteiger partial charge in [-0.3, -0.25) is 19.2 Å². The number of thiol groups is 1. The number of rotatable bonds is 16. The average molecular weight is 477 g/mol. The number of carbonyl (C=O) groups excluding carboxylic acids is 4. The van der Waals surface area contributed by atoms with Crippen LogP contribution in [0.2, 0.25) is 0 Å². The van der Waals surface area contributed by atoms with Crippen molar-refractivity contribution in [2.75, 3.05) is 12.3 Å². The molecule has 12 nitrogen and oxygen atoms in total. The Morgan fingerprint density at radius 2 is 1.44 bits per heavy atom. The van der Waals surface area contributed by atoms with E-state index in [9.17, 15) is 24.0 Å². The van der Waals surface area contributed by atoms with E-state index < -0.39 is 53.8 Å². The van der Waals surface area contributed by atoms with Crippen LogP contribution in [-0.2, 0) is 24.0 Å². The van der Waals surface area contributed by atoms with Crippen LogP contribution in [0.4, 0.5) is 0 Å². The van der Waals surface area contributed by atoms with Crippen molar-refractivity contribution >= 4 is 42.2 Å². The molecule has 4 amide bonds. The van der Waals surface area contributed by atoms with E-state index in [2.05, 4.69) is 28.6 Å². The number of hydrogen-bond donors (Lipinski definition) is 8. The summed E-state index contributed by atoms with van der Waals surface area (Å²) in [6.45, 7) is 4.06. The monoisotopic (exact) mass is 476 g/mol. The molecule has 13 heteroatoms. The van der Waals surface area contributed by atoms with Crippen LogP contribution in [0.1, 0.15) is 46.0 Å². The first-order valence-corrected chi connectivity index (χ1v) is 11.0. The van der Waals surface area contributed by atoms with Crippen molar-refractivity contribution in [2.45, 2.75) is 70.1 Å². The smallest absolute Gasteiger partial charge is 0.327 e. The molecule has 0 aromatic carbocycles. The second-order valence-electron chi connectivity index (χ2n) is 7.90. The number of primary amides is 1. The molecular formula is C19H36N6O6S. The van der Waals surface area contributed by atoms with Crippen LogP contribution in [0.5, 0.6) is 0 Å². The maximum Gasteiger partial charge on any atom is 0.327 e. The van der Waals surface area contributed by atoms with E-state index in [1.165, 1.54) is 0 Å². The first kappa shape index (κ1) is 29.6. The second kappa shape index (κ2) is 15.4. The highest BCUT2D eigenvalue weighted by Crippen LogP contribution is 2.08. The van der Waals surface area contributed by atoms with Crippen molar-refractivity contribution in [2.24, 2.45) is 23.1 Å². The summed E-state index contributed by atoms with van der Waals surface area (Å²) in [5.41, 5.74) is 16.2. The van der Waals surface area contributed by atoms with E-state index in [1.54, 1.807) is 0 Å². The predicted molar refractivity (Wildman–Crippen MR) is 121 cm³/mol. The molecule has 0 saturated carbocycles. The largest absolute Gasteiger partial charge is 0.480 e. The normalized spacial score (nSPS) is 14.7. The van der Waals surface area contributed by atoms with Crippen LogP contribution >= 0.6 is 12.6 Å². The molecule has 32 heavy (non-hydrogen) atoms. The van der Waals surface area contributed by atoms with Gasteiger partial charge in [-0.25, -0.2) is 4.79 Å². The molecule has 0 aromatic heterocycles. The minimum atomic E-state index is -1.25. The number of nitrogens with one attached hydrogen (secondary N) is 3. The molecule has 0 fully saturated rings. The van der Waals surface area contributed by atoms with E-state index >= 15 is 0 Å². The lowest BCUT2D eigenvalue weighted by Gasteiger charge is -2.26. The maximum absolute atomic E-state index is 12.9. The van der Waals surface area contributed by atoms with Gasteiger partial charge in [-0.2, -0.15) is 12.6 Å². The molecule has 4 unspecified atom stereocenters. The SMILES string of the molecule is CC(C)CC(NC(=O)C(CCCCN)NC(=O)C(N)CC(N)=O)C(=O)NC(CS)C(=O)O. The Kier molecular flexibility index (Phi) is 14.3. The van der Waals surface area contributed by atoms with E-state index in [0.717, 1.165) is 0 Å². The Balaban J connectivity index is 5.42. The van der Waals surface area contributed by atoms with Gasteiger partial charge in [-0.05, 0) is 38.1 Å². The van der Waals surface area contributed by atoms with Crippen LogP contribution in [0.3, 0.4) is 0 Å². The Bertz CT molecular complexity index is 662. The van der Waals surface area contributed by atoms with Crippen molar-refractivity contribution in [3.63, 3.8) is 0 Å². The molecule has 0 aliphatic heterocycles. The van der Waals surface area contributed by atoms with Gasteiger partial charge in [0, 0.05) is 5.75 Å². The Morgan fingerprint density at radius 3 is 1.91 bits per heavy atom. The molecule has 0 spiro atoms. The van der Waals surface area contributed by atoms with Gasteiger partial charge in [-0.1, -0.05) is 13.8 Å². The third-order valence-corrected chi connectivity index (χ3v) is 4.84. The van der Waals surface area contributed by atoms with Crippen molar-refractivity contribution in [3.8, 4) is 0 Å². The van der Waals surface area contributed by atoms with Gasteiger partial charge in [0.25, 0.3) is 0 Å². The minimum Gasteiger partial charge on any atom is -0.480 e. The zero-order valence-electron chi connectivity index (χ0n) is 18.5. The third-order valence-electron chi connectivity index (χ3n) is 4.48. The molecule has 0 saturated heterocycles. The lowest BCUT2D eigenvalue weighted by atomic mass is 10.0. The molecule has 0 aliphatic rings. The second-order valence-corrected chi connectivity index (χ2v) is 8.26. The summed E-state index contributed by atoms with van der Waals surface area (Å²) < 4.78 is 0. The number of carboxylic acid groups (broad SMARTS) is 1. The zero-order valence-corrected chi connectivity index (χ0v) is 19.4. The van der Waals surface area contributed by atoms with Gasteiger partial charge >= 0.3 is 5.97 Å². The fourth-order valence-corrected chi connectivity index (χ4v) is 3.03. The van der Waals surface area contributed by atoms with Crippen molar-refractivity contribution < 1.29 is 29.1 Å². The fraction of sp³-hybridized carbons (Fsp3) is 0.737. The molecule has 0 aliphatic carbocycles. The van der Waals surface area contributed by atoms with Crippen molar-refractivity contribution in [3.05, 3.63) is 0 Å². The Morgan fingerprint density at radius 1 is 0.906 bits per heavy atom. The highest BCUT2D eigenvalue weighted by Gasteiger charge is 2.30. The molecule has 4 atom stereocenters. The number of unbranched alkanes of at least 4 members (excludes halogenated alkanes) is 1. The average Bonchev–Trinajstić information content (AvgIpc) is 2.69. The number of nitrogens with two attached hydrogens (primary N) is 3. The number of aliphatic carboxylic acids is 1. The highest BCUT2D eigenvalue weighted by molar-refractivity contribution is 7.80. The number of amides is 4. The predicted octanol–water partition coefficient (Wildman–Crippen LogP) is -2.17. The number of carboxylic acids is 1. The maximum atomic E-state index is 12.9. The van der Waals surface area contributed by atoms with Crippen LogP contribution in [0, 0.1) is 5.92 Å². The number of carbonyl (C=O) groups is 5. The quantitative estimate of drug-likeness (QED) is 0.0902. The molecule has 0 rings (SSSR count). The van der Waals surface area contributed by atoms with Crippen LogP contribution in [-0.4, -0.2) is 71.2 Å². The van der Waals surface area contributed by atoms with Gasteiger partial charge < -0.3 is 38.3 Å². The molecule has 184 valence electrons. The van der Waals surface area contributed by atoms with Crippen LogP contribution in [0.15, 0.2) is 0 Å². The summed E-state index contributed by atoms with van der Waals surface area (Å²) in [6, 6.07) is -4.50. The fourth-order valence-electron chi connectivity index (χ4n) is 2.78. The summed E-state index contributed by atoms with van der Waals surface area (Å²) in [5.74, 6) is -4.19. The van der Waals surface area contributed by atoms with Gasteiger partial charge in [0.15, 0.2) is 0 Å². The standard InChI is InChI=1S/C19H36N6O6S/c1-10(2)7-13(18(29)25-14(9-32)19(30)31)24-17(28)12(5-3-4-6-20)23-16(27)11(21)8-15(22)26/h10-14,32H,3-9,20-21H2,1-2H3,(H2,22,26)(H,23,27)(H,24,28)(H,25,29)(H,30,31). The zero-order chi connectivity index (χ0) is 24.8. The van der Waals surface area contributed by atoms with E-state index in [-0.39, 0.29) is 30.9 Å². The van der Waals surface area contributed by atoms with E-state index in [1.807, 2.05) is 13.8 Å². The summed E-state index contributed by atoms with van der Waals surface area (Å²) in [4.78, 5) is 60.0. The summed E-state index contributed by atoms with van der Waals surface area (Å²) in [7, 11) is 0. The van der Waals surface area contributed by atoms with E-state index in [0.29, 0.717) is 19.4 Å². The Hall–Kier alpha value is -2.38. The van der Waals surface area contributed by atoms with Crippen molar-refractivity contribution in [1.82, 2.24) is 16.0 Å². The van der Waals surface area contributed by atoms with Gasteiger partial charge in [-0.15, -0.1) is 0 Å². The summed E-state index contributed by atoms with van der Waals surface area (Å²) in [6.07, 6.45) is 1.19. The summed E-state index contributed by atoms with van der Waals surface area (Å²) >= 11 is 3.91. The van der Waals surface area contributed by atoms with Gasteiger partial charge in [0.1, 0.15) is 18.1 Å². The Labute approximate surface area is 193 Å². The molecule has 10 N–H and O–H groups in total.